The van der Waals surface area contributed by atoms with Gasteiger partial charge < -0.3 is 4.89 Å². The molecule has 8 heteroatoms. The molecule has 102 valence electrons. The first-order valence-electron chi connectivity index (χ1n) is 5.33. The zero-order chi connectivity index (χ0) is 13.8. The first-order chi connectivity index (χ1) is 8.30. The number of rotatable bonds is 6. The Morgan fingerprint density at radius 2 is 1.78 bits per heavy atom. The molecule has 0 heterocycles. The molecule has 1 unspecified atom stereocenters. The molecule has 0 saturated heterocycles. The van der Waals surface area contributed by atoms with Gasteiger partial charge in [-0.15, -0.1) is 0 Å². The predicted octanol–water partition coefficient (Wildman–Crippen LogP) is 2.09. The van der Waals surface area contributed by atoms with E-state index in [1.807, 2.05) is 6.92 Å². The van der Waals surface area contributed by atoms with Crippen LogP contribution in [0, 0.1) is 0 Å². The summed E-state index contributed by atoms with van der Waals surface area (Å²) in [6, 6.07) is 5.86. The van der Waals surface area contributed by atoms with Crippen LogP contribution in [0.5, 0.6) is 0 Å². The van der Waals surface area contributed by atoms with E-state index >= 15 is 0 Å². The molecule has 1 atom stereocenters. The van der Waals surface area contributed by atoms with Gasteiger partial charge in [0.25, 0.3) is 0 Å². The molecule has 1 aromatic carbocycles. The number of phosphoric ester groups is 1. The molecule has 0 aliphatic heterocycles. The Bertz CT molecular complexity index is 536. The van der Waals surface area contributed by atoms with Gasteiger partial charge in [0.05, 0.1) is 11.5 Å². The van der Waals surface area contributed by atoms with Gasteiger partial charge in [-0.2, -0.15) is 12.4 Å². The molecule has 18 heavy (non-hydrogen) atoms. The summed E-state index contributed by atoms with van der Waals surface area (Å²) in [6.07, 6.45) is 0.763. The highest BCUT2D eigenvalue weighted by atomic mass is 32.2. The molecule has 0 amide bonds. The fraction of sp³-hybridized carbons (Fsp3) is 0.400. The topological polar surface area (TPSA) is 89.9 Å². The number of aryl methyl sites for hydroxylation is 1. The fourth-order valence-electron chi connectivity index (χ4n) is 1.24. The molecule has 6 nitrogen and oxygen atoms in total. The van der Waals surface area contributed by atoms with Crippen molar-refractivity contribution in [1.82, 2.24) is 0 Å². The summed E-state index contributed by atoms with van der Waals surface area (Å²) in [6.45, 7) is 3.25. The highest BCUT2D eigenvalue weighted by Gasteiger charge is 2.30. The largest absolute Gasteiger partial charge is 0.487 e. The van der Waals surface area contributed by atoms with Gasteiger partial charge in [-0.3, -0.25) is 4.52 Å². The van der Waals surface area contributed by atoms with Crippen LogP contribution in [0.25, 0.3) is 0 Å². The van der Waals surface area contributed by atoms with Crippen molar-refractivity contribution in [3.8, 4) is 0 Å². The maximum Gasteiger partial charge on any atom is 0.487 e. The van der Waals surface area contributed by atoms with E-state index in [0.29, 0.717) is 0 Å². The first kappa shape index (κ1) is 15.3. The number of hydrogen-bond donors (Lipinski definition) is 1. The third kappa shape index (κ3) is 4.19. The molecular weight excluding hydrogens is 279 g/mol. The molecular formula is C10H15O6PS. The van der Waals surface area contributed by atoms with Crippen molar-refractivity contribution in [3.05, 3.63) is 29.8 Å². The van der Waals surface area contributed by atoms with Crippen LogP contribution in [0.1, 0.15) is 19.4 Å². The summed E-state index contributed by atoms with van der Waals surface area (Å²) in [7, 11) is -8.89. The van der Waals surface area contributed by atoms with Gasteiger partial charge in [-0.1, -0.05) is 19.1 Å². The Morgan fingerprint density at radius 3 is 2.22 bits per heavy atom. The minimum Gasteiger partial charge on any atom is -0.302 e. The summed E-state index contributed by atoms with van der Waals surface area (Å²) in [5.74, 6) is 0. The second-order valence-electron chi connectivity index (χ2n) is 3.41. The van der Waals surface area contributed by atoms with Crippen molar-refractivity contribution >= 4 is 17.9 Å². The van der Waals surface area contributed by atoms with Crippen molar-refractivity contribution < 1.29 is 26.4 Å². The van der Waals surface area contributed by atoms with Crippen LogP contribution in [0.15, 0.2) is 29.2 Å². The molecule has 0 aliphatic carbocycles. The highest BCUT2D eigenvalue weighted by molar-refractivity contribution is 7.90. The number of phosphoric acid groups is 1. The Morgan fingerprint density at radius 1 is 1.22 bits per heavy atom. The van der Waals surface area contributed by atoms with Crippen LogP contribution in [0.2, 0.25) is 0 Å². The molecule has 1 rings (SSSR count). The second-order valence-corrected chi connectivity index (χ2v) is 6.58. The molecule has 0 spiro atoms. The van der Waals surface area contributed by atoms with E-state index in [9.17, 15) is 13.0 Å². The average molecular weight is 294 g/mol. The summed E-state index contributed by atoms with van der Waals surface area (Å²) in [5, 5.41) is 0. The minimum atomic E-state index is -4.59. The molecule has 0 radical (unpaired) electrons. The molecule has 0 aliphatic rings. The number of hydrogen-bond acceptors (Lipinski definition) is 5. The predicted molar refractivity (Wildman–Crippen MR) is 65.5 cm³/mol. The maximum atomic E-state index is 11.7. The standard InChI is InChI=1S/C10H15O6PS/c1-3-9-5-7-10(8-6-9)18(13,14)16-17(11,12)15-4-2/h5-8H,3-4H2,1-2H3,(H,11,12). The fourth-order valence-corrected chi connectivity index (χ4v) is 3.55. The van der Waals surface area contributed by atoms with Gasteiger partial charge in [-0.25, -0.2) is 4.57 Å². The Labute approximate surface area is 106 Å². The van der Waals surface area contributed by atoms with Crippen LogP contribution < -0.4 is 0 Å². The summed E-state index contributed by atoms with van der Waals surface area (Å²) in [5.41, 5.74) is 0.950. The van der Waals surface area contributed by atoms with Gasteiger partial charge in [0.15, 0.2) is 0 Å². The quantitative estimate of drug-likeness (QED) is 0.808. The average Bonchev–Trinajstić information content (AvgIpc) is 2.27. The van der Waals surface area contributed by atoms with Crippen LogP contribution in [0.3, 0.4) is 0 Å². The zero-order valence-electron chi connectivity index (χ0n) is 10.1. The maximum absolute atomic E-state index is 11.7. The lowest BCUT2D eigenvalue weighted by Gasteiger charge is -2.10. The van der Waals surface area contributed by atoms with Crippen molar-refractivity contribution in [2.24, 2.45) is 0 Å². The normalized spacial score (nSPS) is 15.3. The Balaban J connectivity index is 2.96. The van der Waals surface area contributed by atoms with Crippen LogP contribution in [0.4, 0.5) is 0 Å². The highest BCUT2D eigenvalue weighted by Crippen LogP contribution is 2.46. The van der Waals surface area contributed by atoms with E-state index in [4.69, 9.17) is 4.89 Å². The second kappa shape index (κ2) is 5.95. The summed E-state index contributed by atoms with van der Waals surface area (Å²) in [4.78, 5) is 8.96. The third-order valence-corrected chi connectivity index (χ3v) is 5.08. The van der Waals surface area contributed by atoms with Crippen LogP contribution >= 0.6 is 7.82 Å². The van der Waals surface area contributed by atoms with Crippen LogP contribution in [-0.4, -0.2) is 19.9 Å². The molecule has 0 fully saturated rings. The lowest BCUT2D eigenvalue weighted by Crippen LogP contribution is -2.06. The lowest BCUT2D eigenvalue weighted by molar-refractivity contribution is 0.215. The molecule has 0 bridgehead atoms. The van der Waals surface area contributed by atoms with Gasteiger partial charge >= 0.3 is 17.9 Å². The van der Waals surface area contributed by atoms with E-state index < -0.39 is 17.9 Å². The van der Waals surface area contributed by atoms with E-state index in [2.05, 4.69) is 8.49 Å². The number of benzene rings is 1. The smallest absolute Gasteiger partial charge is 0.302 e. The van der Waals surface area contributed by atoms with Gasteiger partial charge in [0, 0.05) is 0 Å². The van der Waals surface area contributed by atoms with Crippen molar-refractivity contribution in [2.45, 2.75) is 25.2 Å². The first-order valence-corrected chi connectivity index (χ1v) is 8.23. The van der Waals surface area contributed by atoms with Crippen LogP contribution in [-0.2, 0) is 29.6 Å². The zero-order valence-corrected chi connectivity index (χ0v) is 11.8. The molecule has 1 aromatic rings. The monoisotopic (exact) mass is 294 g/mol. The summed E-state index contributed by atoms with van der Waals surface area (Å²) >= 11 is 0. The van der Waals surface area contributed by atoms with E-state index in [1.165, 1.54) is 19.1 Å². The van der Waals surface area contributed by atoms with E-state index in [-0.39, 0.29) is 11.5 Å². The van der Waals surface area contributed by atoms with E-state index in [0.717, 1.165) is 12.0 Å². The summed E-state index contributed by atoms with van der Waals surface area (Å²) < 4.78 is 43.2. The SMILES string of the molecule is CCOP(=O)(O)OS(=O)(=O)c1ccc(CC)cc1. The Kier molecular flexibility index (Phi) is 5.07. The van der Waals surface area contributed by atoms with Crippen molar-refractivity contribution in [2.75, 3.05) is 6.61 Å². The third-order valence-electron chi connectivity index (χ3n) is 2.10. The van der Waals surface area contributed by atoms with Crippen molar-refractivity contribution in [3.63, 3.8) is 0 Å². The van der Waals surface area contributed by atoms with Crippen molar-refractivity contribution in [1.29, 1.82) is 0 Å². The molecule has 0 saturated carbocycles. The molecule has 0 aromatic heterocycles. The lowest BCUT2D eigenvalue weighted by atomic mass is 10.2. The van der Waals surface area contributed by atoms with E-state index in [1.54, 1.807) is 12.1 Å². The van der Waals surface area contributed by atoms with Gasteiger partial charge in [0.2, 0.25) is 0 Å². The van der Waals surface area contributed by atoms with Gasteiger partial charge in [0.1, 0.15) is 0 Å². The molecule has 1 N–H and O–H groups in total. The minimum absolute atomic E-state index is 0.127. The Hall–Kier alpha value is -0.720. The van der Waals surface area contributed by atoms with Gasteiger partial charge in [-0.05, 0) is 31.0 Å².